The quantitative estimate of drug-likeness (QED) is 0.795. The number of para-hydroxylation sites is 1. The van der Waals surface area contributed by atoms with E-state index in [1.165, 1.54) is 12.7 Å². The third-order valence-electron chi connectivity index (χ3n) is 3.63. The normalized spacial score (nSPS) is 10.3. The summed E-state index contributed by atoms with van der Waals surface area (Å²) >= 11 is 0. The Bertz CT molecular complexity index is 709. The molecule has 0 heterocycles. The fourth-order valence-corrected chi connectivity index (χ4v) is 2.26. The number of methoxy groups -OCH3 is 1. The summed E-state index contributed by atoms with van der Waals surface area (Å²) in [5, 5.41) is 5.79. The highest BCUT2D eigenvalue weighted by molar-refractivity contribution is 5.98. The van der Waals surface area contributed by atoms with Gasteiger partial charge < -0.3 is 15.4 Å². The molecule has 2 N–H and O–H groups in total. The molecule has 24 heavy (non-hydrogen) atoms. The Labute approximate surface area is 142 Å². The highest BCUT2D eigenvalue weighted by atomic mass is 16.5. The van der Waals surface area contributed by atoms with Crippen molar-refractivity contribution >= 4 is 23.3 Å². The molecule has 0 aliphatic carbocycles. The average Bonchev–Trinajstić information content (AvgIpc) is 2.60. The molecule has 0 spiro atoms. The van der Waals surface area contributed by atoms with Gasteiger partial charge in [0.2, 0.25) is 5.91 Å². The molecule has 0 aliphatic rings. The second-order valence-corrected chi connectivity index (χ2v) is 5.72. The first-order valence-corrected chi connectivity index (χ1v) is 7.82. The predicted molar refractivity (Wildman–Crippen MR) is 95.4 cm³/mol. The largest absolute Gasteiger partial charge is 0.465 e. The van der Waals surface area contributed by atoms with Crippen LogP contribution in [0.25, 0.3) is 0 Å². The summed E-state index contributed by atoms with van der Waals surface area (Å²) in [6.07, 6.45) is 0. The van der Waals surface area contributed by atoms with Gasteiger partial charge in [0.1, 0.15) is 0 Å². The molecule has 2 aromatic carbocycles. The van der Waals surface area contributed by atoms with Gasteiger partial charge in [-0.15, -0.1) is 0 Å². The lowest BCUT2D eigenvalue weighted by atomic mass is 10.0. The number of amides is 1. The van der Waals surface area contributed by atoms with Crippen LogP contribution in [0.1, 0.15) is 35.7 Å². The van der Waals surface area contributed by atoms with Crippen LogP contribution in [0.15, 0.2) is 48.5 Å². The van der Waals surface area contributed by atoms with Crippen molar-refractivity contribution in [2.75, 3.05) is 24.3 Å². The number of rotatable bonds is 6. The fraction of sp³-hybridized carbons (Fsp3) is 0.263. The van der Waals surface area contributed by atoms with Crippen molar-refractivity contribution in [3.05, 3.63) is 59.7 Å². The monoisotopic (exact) mass is 326 g/mol. The number of nitrogens with one attached hydrogen (secondary N) is 2. The molecule has 0 aliphatic heterocycles. The second-order valence-electron chi connectivity index (χ2n) is 5.72. The van der Waals surface area contributed by atoms with Crippen LogP contribution in [-0.4, -0.2) is 25.5 Å². The second kappa shape index (κ2) is 8.15. The van der Waals surface area contributed by atoms with Crippen LogP contribution in [0.5, 0.6) is 0 Å². The van der Waals surface area contributed by atoms with Gasteiger partial charge in [-0.3, -0.25) is 4.79 Å². The molecule has 0 fully saturated rings. The van der Waals surface area contributed by atoms with Gasteiger partial charge in [-0.1, -0.05) is 38.1 Å². The van der Waals surface area contributed by atoms with Gasteiger partial charge in [-0.2, -0.15) is 0 Å². The number of benzene rings is 2. The maximum Gasteiger partial charge on any atom is 0.339 e. The number of carbonyl (C=O) groups excluding carboxylic acids is 2. The zero-order chi connectivity index (χ0) is 17.5. The van der Waals surface area contributed by atoms with Crippen molar-refractivity contribution in [2.24, 2.45) is 0 Å². The molecule has 0 saturated carbocycles. The Balaban J connectivity index is 1.95. The van der Waals surface area contributed by atoms with Crippen molar-refractivity contribution in [1.82, 2.24) is 0 Å². The highest BCUT2D eigenvalue weighted by Crippen LogP contribution is 2.18. The molecule has 5 heteroatoms. The summed E-state index contributed by atoms with van der Waals surface area (Å²) in [5.41, 5.74) is 2.93. The number of esters is 1. The Morgan fingerprint density at radius 1 is 1.04 bits per heavy atom. The Kier molecular flexibility index (Phi) is 5.95. The van der Waals surface area contributed by atoms with E-state index in [2.05, 4.69) is 24.5 Å². The smallest absolute Gasteiger partial charge is 0.339 e. The fourth-order valence-electron chi connectivity index (χ4n) is 2.26. The van der Waals surface area contributed by atoms with E-state index in [9.17, 15) is 9.59 Å². The Morgan fingerprint density at radius 3 is 2.33 bits per heavy atom. The number of hydrogen-bond acceptors (Lipinski definition) is 4. The molecule has 0 unspecified atom stereocenters. The molecule has 2 rings (SSSR count). The third kappa shape index (κ3) is 4.59. The number of anilines is 2. The minimum Gasteiger partial charge on any atom is -0.465 e. The van der Waals surface area contributed by atoms with Crippen LogP contribution in [-0.2, 0) is 9.53 Å². The van der Waals surface area contributed by atoms with Gasteiger partial charge in [0.15, 0.2) is 0 Å². The van der Waals surface area contributed by atoms with E-state index in [-0.39, 0.29) is 12.5 Å². The van der Waals surface area contributed by atoms with E-state index < -0.39 is 5.97 Å². The Morgan fingerprint density at radius 2 is 1.71 bits per heavy atom. The van der Waals surface area contributed by atoms with E-state index in [1.807, 2.05) is 24.3 Å². The lowest BCUT2D eigenvalue weighted by Gasteiger charge is -2.11. The molecule has 2 aromatic rings. The molecule has 0 bridgehead atoms. The molecule has 126 valence electrons. The molecule has 5 nitrogen and oxygen atoms in total. The molecule has 0 saturated heterocycles. The van der Waals surface area contributed by atoms with Crippen molar-refractivity contribution in [2.45, 2.75) is 19.8 Å². The minimum absolute atomic E-state index is 0.0555. The SMILES string of the molecule is COC(=O)c1ccccc1NCC(=O)Nc1ccc(C(C)C)cc1. The summed E-state index contributed by atoms with van der Waals surface area (Å²) in [4.78, 5) is 23.8. The lowest BCUT2D eigenvalue weighted by molar-refractivity contribution is -0.114. The van der Waals surface area contributed by atoms with Crippen LogP contribution in [0, 0.1) is 0 Å². The molecule has 0 radical (unpaired) electrons. The van der Waals surface area contributed by atoms with Gasteiger partial charge in [-0.25, -0.2) is 4.79 Å². The maximum atomic E-state index is 12.1. The van der Waals surface area contributed by atoms with Crippen molar-refractivity contribution < 1.29 is 14.3 Å². The lowest BCUT2D eigenvalue weighted by Crippen LogP contribution is -2.22. The topological polar surface area (TPSA) is 67.4 Å². The van der Waals surface area contributed by atoms with E-state index in [0.717, 1.165) is 5.69 Å². The summed E-state index contributed by atoms with van der Waals surface area (Å²) in [6, 6.07) is 14.7. The standard InChI is InChI=1S/C19H22N2O3/c1-13(2)14-8-10-15(11-9-14)21-18(22)12-20-17-7-5-4-6-16(17)19(23)24-3/h4-11,13,20H,12H2,1-3H3,(H,21,22). The van der Waals surface area contributed by atoms with Crippen LogP contribution < -0.4 is 10.6 Å². The number of ether oxygens (including phenoxy) is 1. The molecule has 0 aromatic heterocycles. The minimum atomic E-state index is -0.442. The summed E-state index contributed by atoms with van der Waals surface area (Å²) < 4.78 is 4.73. The maximum absolute atomic E-state index is 12.1. The van der Waals surface area contributed by atoms with Crippen LogP contribution >= 0.6 is 0 Å². The first-order valence-electron chi connectivity index (χ1n) is 7.82. The Hall–Kier alpha value is -2.82. The zero-order valence-corrected chi connectivity index (χ0v) is 14.1. The van der Waals surface area contributed by atoms with Gasteiger partial charge in [0, 0.05) is 11.4 Å². The summed E-state index contributed by atoms with van der Waals surface area (Å²) in [5.74, 6) is -0.180. The van der Waals surface area contributed by atoms with Gasteiger partial charge in [-0.05, 0) is 35.7 Å². The van der Waals surface area contributed by atoms with E-state index in [1.54, 1.807) is 24.3 Å². The van der Waals surface area contributed by atoms with E-state index >= 15 is 0 Å². The van der Waals surface area contributed by atoms with Crippen molar-refractivity contribution in [3.8, 4) is 0 Å². The van der Waals surface area contributed by atoms with Gasteiger partial charge in [0.25, 0.3) is 0 Å². The zero-order valence-electron chi connectivity index (χ0n) is 14.1. The highest BCUT2D eigenvalue weighted by Gasteiger charge is 2.11. The summed E-state index contributed by atoms with van der Waals surface area (Å²) in [6.45, 7) is 4.30. The third-order valence-corrected chi connectivity index (χ3v) is 3.63. The van der Waals surface area contributed by atoms with Gasteiger partial charge in [0.05, 0.1) is 19.2 Å². The first-order chi connectivity index (χ1) is 11.5. The molecule has 0 atom stereocenters. The van der Waals surface area contributed by atoms with Gasteiger partial charge >= 0.3 is 5.97 Å². The van der Waals surface area contributed by atoms with Crippen LogP contribution in [0.4, 0.5) is 11.4 Å². The molecular formula is C19H22N2O3. The average molecular weight is 326 g/mol. The van der Waals surface area contributed by atoms with E-state index in [0.29, 0.717) is 17.2 Å². The molecule has 1 amide bonds. The van der Waals surface area contributed by atoms with Crippen LogP contribution in [0.2, 0.25) is 0 Å². The summed E-state index contributed by atoms with van der Waals surface area (Å²) in [7, 11) is 1.33. The number of hydrogen-bond donors (Lipinski definition) is 2. The predicted octanol–water partition coefficient (Wildman–Crippen LogP) is 3.65. The molecular weight excluding hydrogens is 304 g/mol. The van der Waals surface area contributed by atoms with Crippen LogP contribution in [0.3, 0.4) is 0 Å². The van der Waals surface area contributed by atoms with Crippen molar-refractivity contribution in [3.63, 3.8) is 0 Å². The number of carbonyl (C=O) groups is 2. The van der Waals surface area contributed by atoms with Crippen molar-refractivity contribution in [1.29, 1.82) is 0 Å². The first kappa shape index (κ1) is 17.5. The van der Waals surface area contributed by atoms with E-state index in [4.69, 9.17) is 4.74 Å².